The Morgan fingerprint density at radius 1 is 0.457 bits per heavy atom. The van der Waals surface area contributed by atoms with Gasteiger partial charge in [-0.2, -0.15) is 0 Å². The molecule has 1 aliphatic carbocycles. The Kier molecular flexibility index (Phi) is 4.37. The van der Waals surface area contributed by atoms with Gasteiger partial charge in [-0.25, -0.2) is 0 Å². The lowest BCUT2D eigenvalue weighted by molar-refractivity contribution is 0.946. The molecule has 35 heavy (non-hydrogen) atoms. The first-order valence-electron chi connectivity index (χ1n) is 12.2. The number of benzene rings is 5. The predicted molar refractivity (Wildman–Crippen MR) is 148 cm³/mol. The van der Waals surface area contributed by atoms with Gasteiger partial charge in [0.25, 0.3) is 0 Å². The van der Waals surface area contributed by atoms with E-state index in [0.29, 0.717) is 0 Å². The van der Waals surface area contributed by atoms with Crippen LogP contribution in [0.1, 0.15) is 5.56 Å². The van der Waals surface area contributed by atoms with Crippen LogP contribution in [0.5, 0.6) is 0 Å². The zero-order valence-corrected chi connectivity index (χ0v) is 20.0. The minimum absolute atomic E-state index is 0.847. The van der Waals surface area contributed by atoms with Crippen LogP contribution in [0.2, 0.25) is 0 Å². The lowest BCUT2D eigenvalue weighted by Crippen LogP contribution is -2.24. The number of fused-ring (bicyclic) bond motifs is 9. The maximum Gasteiger partial charge on any atom is 0.0950 e. The van der Waals surface area contributed by atoms with Crippen LogP contribution < -0.4 is 9.80 Å². The van der Waals surface area contributed by atoms with E-state index in [0.717, 1.165) is 6.67 Å². The third-order valence-electron chi connectivity index (χ3n) is 7.51. The van der Waals surface area contributed by atoms with Crippen LogP contribution in [0, 0.1) is 6.92 Å². The fourth-order valence-corrected chi connectivity index (χ4v) is 5.88. The molecule has 0 amide bonds. The maximum atomic E-state index is 2.45. The van der Waals surface area contributed by atoms with E-state index >= 15 is 0 Å². The van der Waals surface area contributed by atoms with E-state index in [1.54, 1.807) is 0 Å². The molecular weight excluding hydrogens is 424 g/mol. The number of para-hydroxylation sites is 2. The van der Waals surface area contributed by atoms with Crippen molar-refractivity contribution in [3.8, 4) is 44.5 Å². The van der Waals surface area contributed by atoms with Crippen molar-refractivity contribution in [1.29, 1.82) is 0 Å². The van der Waals surface area contributed by atoms with E-state index < -0.39 is 0 Å². The zero-order valence-electron chi connectivity index (χ0n) is 20.0. The molecule has 0 radical (unpaired) electrons. The molecule has 0 fully saturated rings. The van der Waals surface area contributed by atoms with Crippen LogP contribution in [0.3, 0.4) is 0 Å². The molecule has 0 saturated heterocycles. The van der Waals surface area contributed by atoms with Gasteiger partial charge in [-0.1, -0.05) is 84.9 Å². The summed E-state index contributed by atoms with van der Waals surface area (Å²) in [5.74, 6) is 0. The number of anilines is 3. The lowest BCUT2D eigenvalue weighted by atomic mass is 9.80. The zero-order chi connectivity index (χ0) is 23.5. The molecule has 0 unspecified atom stereocenters. The smallest absolute Gasteiger partial charge is 0.0950 e. The van der Waals surface area contributed by atoms with Gasteiger partial charge >= 0.3 is 0 Å². The van der Waals surface area contributed by atoms with Crippen LogP contribution in [0.4, 0.5) is 17.1 Å². The second-order valence-electron chi connectivity index (χ2n) is 9.58. The minimum Gasteiger partial charge on any atom is -0.355 e. The SMILES string of the molecule is Cc1cc2c(cc1N1CN(C)c3ccccc31)-c1ccccc1-c1ccccc1-c1ccccc1-2. The molecule has 2 nitrogen and oxygen atoms in total. The highest BCUT2D eigenvalue weighted by Gasteiger charge is 2.28. The Labute approximate surface area is 206 Å². The normalized spacial score (nSPS) is 13.2. The first-order chi connectivity index (χ1) is 17.2. The van der Waals surface area contributed by atoms with Crippen molar-refractivity contribution in [3.63, 3.8) is 0 Å². The first kappa shape index (κ1) is 20.1. The van der Waals surface area contributed by atoms with Crippen molar-refractivity contribution in [2.75, 3.05) is 23.5 Å². The molecule has 0 atom stereocenters. The molecule has 1 aliphatic heterocycles. The van der Waals surface area contributed by atoms with Crippen molar-refractivity contribution in [2.45, 2.75) is 6.92 Å². The number of nitrogens with zero attached hydrogens (tertiary/aromatic N) is 2. The summed E-state index contributed by atoms with van der Waals surface area (Å²) in [7, 11) is 2.17. The molecule has 0 spiro atoms. The standard InChI is InChI=1S/C33H26N2/c1-22-19-29-27-15-7-5-13-25(27)23-11-3-4-12-24(23)26-14-6-8-16-28(26)30(29)20-33(22)35-21-34(2)31-17-9-10-18-32(31)35/h3-20H,21H2,1-2H3. The lowest BCUT2D eigenvalue weighted by Gasteiger charge is -2.27. The second kappa shape index (κ2) is 7.61. The molecular formula is C33H26N2. The molecule has 1 heterocycles. The Morgan fingerprint density at radius 3 is 1.37 bits per heavy atom. The number of rotatable bonds is 1. The predicted octanol–water partition coefficient (Wildman–Crippen LogP) is 8.52. The summed E-state index contributed by atoms with van der Waals surface area (Å²) in [6.45, 7) is 3.10. The van der Waals surface area contributed by atoms with Crippen LogP contribution in [-0.2, 0) is 0 Å². The number of aryl methyl sites for hydroxylation is 1. The Bertz CT molecular complexity index is 1610. The molecule has 0 aromatic heterocycles. The van der Waals surface area contributed by atoms with Gasteiger partial charge in [-0.05, 0) is 81.3 Å². The average molecular weight is 451 g/mol. The minimum atomic E-state index is 0.847. The summed E-state index contributed by atoms with van der Waals surface area (Å²) < 4.78 is 0. The van der Waals surface area contributed by atoms with Gasteiger partial charge in [0, 0.05) is 12.7 Å². The van der Waals surface area contributed by atoms with E-state index in [9.17, 15) is 0 Å². The summed E-state index contributed by atoms with van der Waals surface area (Å²) >= 11 is 0. The summed E-state index contributed by atoms with van der Waals surface area (Å²) in [6, 6.07) is 40.1. The summed E-state index contributed by atoms with van der Waals surface area (Å²) in [5, 5.41) is 0. The highest BCUT2D eigenvalue weighted by molar-refractivity contribution is 6.04. The van der Waals surface area contributed by atoms with E-state index in [1.807, 2.05) is 0 Å². The van der Waals surface area contributed by atoms with Gasteiger partial charge in [-0.15, -0.1) is 0 Å². The van der Waals surface area contributed by atoms with Crippen molar-refractivity contribution in [3.05, 3.63) is 115 Å². The Hall–Kier alpha value is -4.30. The molecule has 2 aliphatic rings. The molecule has 0 N–H and O–H groups in total. The summed E-state index contributed by atoms with van der Waals surface area (Å²) in [4.78, 5) is 4.77. The molecule has 168 valence electrons. The molecule has 0 saturated carbocycles. The van der Waals surface area contributed by atoms with Gasteiger partial charge < -0.3 is 9.80 Å². The van der Waals surface area contributed by atoms with Gasteiger partial charge in [0.2, 0.25) is 0 Å². The Morgan fingerprint density at radius 2 is 0.857 bits per heavy atom. The molecule has 7 rings (SSSR count). The van der Waals surface area contributed by atoms with E-state index in [1.165, 1.54) is 67.1 Å². The van der Waals surface area contributed by atoms with Crippen molar-refractivity contribution < 1.29 is 0 Å². The van der Waals surface area contributed by atoms with Gasteiger partial charge in [0.05, 0.1) is 18.0 Å². The number of hydrogen-bond donors (Lipinski definition) is 0. The number of hydrogen-bond acceptors (Lipinski definition) is 2. The summed E-state index contributed by atoms with van der Waals surface area (Å²) in [5.41, 5.74) is 15.4. The van der Waals surface area contributed by atoms with Crippen LogP contribution in [-0.4, -0.2) is 13.7 Å². The second-order valence-corrected chi connectivity index (χ2v) is 9.58. The van der Waals surface area contributed by atoms with E-state index in [-0.39, 0.29) is 0 Å². The fourth-order valence-electron chi connectivity index (χ4n) is 5.88. The fraction of sp³-hybridized carbons (Fsp3) is 0.0909. The Balaban J connectivity index is 1.55. The first-order valence-corrected chi connectivity index (χ1v) is 12.2. The van der Waals surface area contributed by atoms with Crippen LogP contribution in [0.15, 0.2) is 109 Å². The molecule has 0 bridgehead atoms. The van der Waals surface area contributed by atoms with E-state index in [4.69, 9.17) is 0 Å². The molecule has 2 heteroatoms. The van der Waals surface area contributed by atoms with Gasteiger partial charge in [-0.3, -0.25) is 0 Å². The maximum absolute atomic E-state index is 2.45. The van der Waals surface area contributed by atoms with Crippen LogP contribution in [0.25, 0.3) is 44.5 Å². The molecule has 5 aromatic carbocycles. The van der Waals surface area contributed by atoms with Crippen molar-refractivity contribution in [2.24, 2.45) is 0 Å². The summed E-state index contributed by atoms with van der Waals surface area (Å²) in [6.07, 6.45) is 0. The third-order valence-corrected chi connectivity index (χ3v) is 7.51. The van der Waals surface area contributed by atoms with Gasteiger partial charge in [0.15, 0.2) is 0 Å². The molecule has 5 aromatic rings. The van der Waals surface area contributed by atoms with E-state index in [2.05, 4.69) is 133 Å². The highest BCUT2D eigenvalue weighted by atomic mass is 15.4. The monoisotopic (exact) mass is 450 g/mol. The third kappa shape index (κ3) is 2.96. The van der Waals surface area contributed by atoms with Crippen molar-refractivity contribution in [1.82, 2.24) is 0 Å². The average Bonchev–Trinajstić information content (AvgIpc) is 3.24. The largest absolute Gasteiger partial charge is 0.355 e. The van der Waals surface area contributed by atoms with Crippen LogP contribution >= 0.6 is 0 Å². The van der Waals surface area contributed by atoms with Crippen molar-refractivity contribution >= 4 is 17.1 Å². The quantitative estimate of drug-likeness (QED) is 0.248. The highest BCUT2D eigenvalue weighted by Crippen LogP contribution is 2.50. The van der Waals surface area contributed by atoms with Gasteiger partial charge in [0.1, 0.15) is 0 Å². The topological polar surface area (TPSA) is 6.48 Å².